The summed E-state index contributed by atoms with van der Waals surface area (Å²) >= 11 is 5.25. The van der Waals surface area contributed by atoms with Crippen LogP contribution in [0, 0.1) is 0 Å². The lowest BCUT2D eigenvalue weighted by Gasteiger charge is -1.97. The van der Waals surface area contributed by atoms with Crippen molar-refractivity contribution in [1.82, 2.24) is 0 Å². The van der Waals surface area contributed by atoms with Crippen LogP contribution in [0.5, 0.6) is 0 Å². The summed E-state index contributed by atoms with van der Waals surface area (Å²) in [5.41, 5.74) is 1.41. The summed E-state index contributed by atoms with van der Waals surface area (Å²) in [6.07, 6.45) is 0.429. The molecule has 0 aliphatic rings. The molecule has 11 heavy (non-hydrogen) atoms. The fourth-order valence-electron chi connectivity index (χ4n) is 0.821. The Morgan fingerprint density at radius 1 is 1.55 bits per heavy atom. The average Bonchev–Trinajstić information content (AvgIpc) is 2.05. The van der Waals surface area contributed by atoms with E-state index in [1.165, 1.54) is 0 Å². The van der Waals surface area contributed by atoms with E-state index < -0.39 is 5.24 Å². The number of carbonyl (C=O) groups excluding carboxylic acids is 1. The van der Waals surface area contributed by atoms with Crippen LogP contribution in [0.15, 0.2) is 24.3 Å². The van der Waals surface area contributed by atoms with Crippen molar-refractivity contribution in [3.05, 3.63) is 35.4 Å². The lowest BCUT2D eigenvalue weighted by molar-refractivity contribution is 0.108. The third-order valence-corrected chi connectivity index (χ3v) is 1.61. The molecule has 1 nitrogen and oxygen atoms in total. The van der Waals surface area contributed by atoms with Crippen molar-refractivity contribution in [3.8, 4) is 0 Å². The molecule has 0 aromatic heterocycles. The molecule has 0 unspecified atom stereocenters. The number of hydrogen-bond acceptors (Lipinski definition) is 1. The van der Waals surface area contributed by atoms with Gasteiger partial charge < -0.3 is 0 Å². The van der Waals surface area contributed by atoms with Crippen LogP contribution in [0.1, 0.15) is 15.9 Å². The SMILES string of the molecule is [B]Cc1cccc(C(=O)Cl)c1. The first kappa shape index (κ1) is 8.34. The first-order valence-corrected chi connectivity index (χ1v) is 3.60. The van der Waals surface area contributed by atoms with Crippen molar-refractivity contribution in [2.24, 2.45) is 0 Å². The monoisotopic (exact) mass is 164 g/mol. The van der Waals surface area contributed by atoms with Crippen molar-refractivity contribution in [2.75, 3.05) is 0 Å². The molecule has 2 radical (unpaired) electrons. The van der Waals surface area contributed by atoms with Crippen LogP contribution < -0.4 is 0 Å². The fourth-order valence-corrected chi connectivity index (χ4v) is 0.938. The highest BCUT2D eigenvalue weighted by molar-refractivity contribution is 6.67. The van der Waals surface area contributed by atoms with Crippen LogP contribution in [-0.2, 0) is 6.32 Å². The largest absolute Gasteiger partial charge is 0.276 e. The Bertz CT molecular complexity index is 273. The Morgan fingerprint density at radius 2 is 2.27 bits per heavy atom. The molecule has 1 rings (SSSR count). The first-order valence-electron chi connectivity index (χ1n) is 3.23. The molecule has 0 atom stereocenters. The standard InChI is InChI=1S/C8H6BClO/c9-5-6-2-1-3-7(4-6)8(10)11/h1-4H,5H2. The molecular weight excluding hydrogens is 158 g/mol. The van der Waals surface area contributed by atoms with Crippen molar-refractivity contribution in [2.45, 2.75) is 6.32 Å². The molecule has 1 aromatic carbocycles. The Hall–Kier alpha value is -0.755. The van der Waals surface area contributed by atoms with Crippen molar-refractivity contribution in [1.29, 1.82) is 0 Å². The van der Waals surface area contributed by atoms with Crippen LogP contribution in [0.3, 0.4) is 0 Å². The zero-order chi connectivity index (χ0) is 8.27. The molecule has 0 aliphatic carbocycles. The number of rotatable bonds is 2. The van der Waals surface area contributed by atoms with Gasteiger partial charge in [0.05, 0.1) is 7.85 Å². The maximum Gasteiger partial charge on any atom is 0.252 e. The Kier molecular flexibility index (Phi) is 2.72. The summed E-state index contributed by atoms with van der Waals surface area (Å²) < 4.78 is 0. The zero-order valence-corrected chi connectivity index (χ0v) is 6.64. The first-order chi connectivity index (χ1) is 5.24. The predicted octanol–water partition coefficient (Wildman–Crippen LogP) is 1.73. The van der Waals surface area contributed by atoms with Gasteiger partial charge >= 0.3 is 0 Å². The lowest BCUT2D eigenvalue weighted by Crippen LogP contribution is -1.91. The van der Waals surface area contributed by atoms with Crippen molar-refractivity contribution in [3.63, 3.8) is 0 Å². The van der Waals surface area contributed by atoms with Crippen LogP contribution >= 0.6 is 11.6 Å². The molecule has 1 aromatic rings. The highest BCUT2D eigenvalue weighted by atomic mass is 35.5. The molecule has 0 N–H and O–H groups in total. The van der Waals surface area contributed by atoms with Crippen molar-refractivity contribution >= 4 is 24.7 Å². The van der Waals surface area contributed by atoms with Gasteiger partial charge in [-0.3, -0.25) is 4.79 Å². The van der Waals surface area contributed by atoms with E-state index >= 15 is 0 Å². The topological polar surface area (TPSA) is 17.1 Å². The summed E-state index contributed by atoms with van der Waals surface area (Å²) in [5, 5.41) is -0.444. The smallest absolute Gasteiger partial charge is 0.252 e. The van der Waals surface area contributed by atoms with Gasteiger partial charge in [-0.05, 0) is 17.7 Å². The minimum atomic E-state index is -0.444. The lowest BCUT2D eigenvalue weighted by atomic mass is 9.96. The number of hydrogen-bond donors (Lipinski definition) is 0. The average molecular weight is 164 g/mol. The molecule has 0 amide bonds. The van der Waals surface area contributed by atoms with Gasteiger partial charge in [0.15, 0.2) is 0 Å². The van der Waals surface area contributed by atoms with E-state index in [0.29, 0.717) is 11.9 Å². The predicted molar refractivity (Wildman–Crippen MR) is 46.1 cm³/mol. The van der Waals surface area contributed by atoms with Gasteiger partial charge in [-0.25, -0.2) is 0 Å². The number of halogens is 1. The summed E-state index contributed by atoms with van der Waals surface area (Å²) in [6.45, 7) is 0. The highest BCUT2D eigenvalue weighted by Crippen LogP contribution is 2.07. The molecule has 0 bridgehead atoms. The minimum absolute atomic E-state index is 0.429. The van der Waals surface area contributed by atoms with Crippen LogP contribution in [0.4, 0.5) is 0 Å². The molecule has 0 saturated heterocycles. The van der Waals surface area contributed by atoms with E-state index in [2.05, 4.69) is 0 Å². The van der Waals surface area contributed by atoms with Crippen LogP contribution in [0.25, 0.3) is 0 Å². The second-order valence-electron chi connectivity index (χ2n) is 2.18. The summed E-state index contributed by atoms with van der Waals surface area (Å²) in [4.78, 5) is 10.6. The van der Waals surface area contributed by atoms with E-state index in [9.17, 15) is 4.79 Å². The van der Waals surface area contributed by atoms with E-state index in [1.54, 1.807) is 18.2 Å². The molecular formula is C8H6BClO. The van der Waals surface area contributed by atoms with Gasteiger partial charge in [0.25, 0.3) is 5.24 Å². The fraction of sp³-hybridized carbons (Fsp3) is 0.125. The van der Waals surface area contributed by atoms with Gasteiger partial charge in [0.1, 0.15) is 0 Å². The number of carbonyl (C=O) groups is 1. The zero-order valence-electron chi connectivity index (χ0n) is 5.88. The van der Waals surface area contributed by atoms with E-state index in [-0.39, 0.29) is 0 Å². The van der Waals surface area contributed by atoms with Crippen LogP contribution in [-0.4, -0.2) is 13.1 Å². The van der Waals surface area contributed by atoms with E-state index in [1.807, 2.05) is 6.07 Å². The molecule has 0 fully saturated rings. The third-order valence-electron chi connectivity index (χ3n) is 1.39. The van der Waals surface area contributed by atoms with Crippen LogP contribution in [0.2, 0.25) is 0 Å². The van der Waals surface area contributed by atoms with Gasteiger partial charge in [-0.2, -0.15) is 0 Å². The molecule has 0 aliphatic heterocycles. The third kappa shape index (κ3) is 2.09. The van der Waals surface area contributed by atoms with Gasteiger partial charge in [0, 0.05) is 5.56 Å². The maximum absolute atomic E-state index is 10.6. The maximum atomic E-state index is 10.6. The minimum Gasteiger partial charge on any atom is -0.276 e. The molecule has 3 heteroatoms. The summed E-state index contributed by atoms with van der Waals surface area (Å²) in [5.74, 6) is 0. The summed E-state index contributed by atoms with van der Waals surface area (Å²) in [6, 6.07) is 6.96. The quantitative estimate of drug-likeness (QED) is 0.481. The molecule has 0 heterocycles. The van der Waals surface area contributed by atoms with E-state index in [4.69, 9.17) is 19.4 Å². The Labute approximate surface area is 71.8 Å². The van der Waals surface area contributed by atoms with E-state index in [0.717, 1.165) is 5.56 Å². The van der Waals surface area contributed by atoms with Gasteiger partial charge in [-0.15, -0.1) is 0 Å². The normalized spacial score (nSPS) is 9.55. The van der Waals surface area contributed by atoms with Gasteiger partial charge in [0.2, 0.25) is 0 Å². The second kappa shape index (κ2) is 3.58. The summed E-state index contributed by atoms with van der Waals surface area (Å²) in [7, 11) is 5.36. The molecule has 0 spiro atoms. The number of benzene rings is 1. The van der Waals surface area contributed by atoms with Crippen molar-refractivity contribution < 1.29 is 4.79 Å². The second-order valence-corrected chi connectivity index (χ2v) is 2.52. The molecule has 0 saturated carbocycles. The molecule has 54 valence electrons. The van der Waals surface area contributed by atoms with Gasteiger partial charge in [-0.1, -0.05) is 30.1 Å². The Morgan fingerprint density at radius 3 is 2.82 bits per heavy atom. The Balaban J connectivity index is 3.01. The highest BCUT2D eigenvalue weighted by Gasteiger charge is 1.99.